The van der Waals surface area contributed by atoms with Gasteiger partial charge in [-0.15, -0.1) is 0 Å². The Morgan fingerprint density at radius 1 is 0.615 bits per heavy atom. The van der Waals surface area contributed by atoms with Crippen LogP contribution in [0.5, 0.6) is 11.5 Å². The number of hydrogen-bond acceptors (Lipinski definition) is 10. The van der Waals surface area contributed by atoms with Gasteiger partial charge in [-0.25, -0.2) is 9.59 Å². The Hall–Kier alpha value is -4.68. The largest absolute Gasteiger partial charge is 0.496 e. The average molecular weight is 717 g/mol. The Morgan fingerprint density at radius 3 is 1.40 bits per heavy atom. The van der Waals surface area contributed by atoms with Gasteiger partial charge in [0.2, 0.25) is 11.8 Å². The lowest BCUT2D eigenvalue weighted by Gasteiger charge is -2.21. The maximum Gasteiger partial charge on any atom is 0.331 e. The van der Waals surface area contributed by atoms with Crippen LogP contribution >= 0.6 is 0 Å². The number of anilines is 2. The molecule has 0 aromatic heterocycles. The second-order valence-corrected chi connectivity index (χ2v) is 13.8. The van der Waals surface area contributed by atoms with E-state index in [0.29, 0.717) is 34.0 Å². The van der Waals surface area contributed by atoms with Crippen LogP contribution in [-0.4, -0.2) is 75.6 Å². The zero-order valence-corrected chi connectivity index (χ0v) is 29.8. The van der Waals surface area contributed by atoms with Crippen molar-refractivity contribution < 1.29 is 47.6 Å². The zero-order valence-electron chi connectivity index (χ0n) is 29.8. The van der Waals surface area contributed by atoms with Gasteiger partial charge in [-0.05, 0) is 62.1 Å². The molecule has 6 rings (SSSR count). The van der Waals surface area contributed by atoms with Gasteiger partial charge in [-0.3, -0.25) is 9.59 Å². The summed E-state index contributed by atoms with van der Waals surface area (Å²) in [6.07, 6.45) is 13.5. The molecule has 2 heterocycles. The van der Waals surface area contributed by atoms with E-state index in [0.717, 1.165) is 51.4 Å². The van der Waals surface area contributed by atoms with Crippen LogP contribution < -0.4 is 20.1 Å². The number of benzene rings is 2. The maximum atomic E-state index is 12.8. The van der Waals surface area contributed by atoms with E-state index in [9.17, 15) is 19.2 Å². The molecule has 4 atom stereocenters. The van der Waals surface area contributed by atoms with Gasteiger partial charge in [0.15, 0.2) is 12.2 Å². The Kier molecular flexibility index (Phi) is 12.6. The van der Waals surface area contributed by atoms with Crippen molar-refractivity contribution in [2.45, 2.75) is 88.6 Å². The summed E-state index contributed by atoms with van der Waals surface area (Å²) in [4.78, 5) is 50.9. The van der Waals surface area contributed by atoms with Crippen LogP contribution in [0.3, 0.4) is 0 Å². The molecule has 2 N–H and O–H groups in total. The number of amides is 2. The lowest BCUT2D eigenvalue weighted by molar-refractivity contribution is -0.149. The minimum atomic E-state index is -0.679. The number of esters is 2. The molecule has 12 nitrogen and oxygen atoms in total. The molecular weight excluding hydrogens is 668 g/mol. The highest BCUT2D eigenvalue weighted by atomic mass is 16.7. The molecule has 2 aliphatic heterocycles. The first-order valence-corrected chi connectivity index (χ1v) is 18.3. The van der Waals surface area contributed by atoms with Crippen LogP contribution in [-0.2, 0) is 38.1 Å². The number of methoxy groups -OCH3 is 2. The smallest absolute Gasteiger partial charge is 0.331 e. The van der Waals surface area contributed by atoms with Crippen LogP contribution in [0.25, 0.3) is 12.2 Å². The van der Waals surface area contributed by atoms with Crippen molar-refractivity contribution in [1.82, 2.24) is 0 Å². The molecule has 0 bridgehead atoms. The van der Waals surface area contributed by atoms with Crippen molar-refractivity contribution in [3.63, 3.8) is 0 Å². The standard InChI is InChI=1S/C40H48N2O10/c1-47-31-21-29(41-39(45)27-9-5-3-6-10-27)17-13-25(31)15-19-35(43)51-33-23-49-38-34(24-50-37(33)38)52-36(44)20-16-26-14-18-30(22-32(26)48-2)42-40(46)28-11-7-4-8-12-28/h13-22,27-28,33-34,37-38H,3-12,23-24H2,1-2H3,(H,41,45)(H,42,46)/b19-15+,20-16+/t33-,34+,37-,38-/m1/s1. The second-order valence-electron chi connectivity index (χ2n) is 13.8. The molecule has 4 aliphatic rings. The van der Waals surface area contributed by atoms with Crippen LogP contribution in [0.15, 0.2) is 48.6 Å². The molecule has 2 saturated carbocycles. The Balaban J connectivity index is 0.973. The topological polar surface area (TPSA) is 148 Å². The molecular formula is C40H48N2O10. The first-order chi connectivity index (χ1) is 25.3. The fourth-order valence-electron chi connectivity index (χ4n) is 7.40. The lowest BCUT2D eigenvalue weighted by Crippen LogP contribution is -2.35. The minimum Gasteiger partial charge on any atom is -0.496 e. The summed E-state index contributed by atoms with van der Waals surface area (Å²) < 4.78 is 34.0. The molecule has 2 saturated heterocycles. The van der Waals surface area contributed by atoms with Crippen molar-refractivity contribution in [2.75, 3.05) is 38.1 Å². The summed E-state index contributed by atoms with van der Waals surface area (Å²) >= 11 is 0. The maximum absolute atomic E-state index is 12.8. The van der Waals surface area contributed by atoms with Crippen LogP contribution in [0.1, 0.15) is 75.3 Å². The molecule has 0 spiro atoms. The average Bonchev–Trinajstić information content (AvgIpc) is 3.76. The van der Waals surface area contributed by atoms with Gasteiger partial charge in [0.05, 0.1) is 27.4 Å². The van der Waals surface area contributed by atoms with E-state index in [1.807, 2.05) is 0 Å². The van der Waals surface area contributed by atoms with E-state index < -0.39 is 36.4 Å². The summed E-state index contributed by atoms with van der Waals surface area (Å²) in [6.45, 7) is 0.191. The molecule has 2 amide bonds. The minimum absolute atomic E-state index is 0.0211. The van der Waals surface area contributed by atoms with Crippen LogP contribution in [0, 0.1) is 11.8 Å². The number of fused-ring (bicyclic) bond motifs is 1. The van der Waals surface area contributed by atoms with E-state index in [1.54, 1.807) is 48.6 Å². The summed E-state index contributed by atoms with van der Waals surface area (Å²) in [6, 6.07) is 10.6. The van der Waals surface area contributed by atoms with Crippen molar-refractivity contribution >= 4 is 47.3 Å². The van der Waals surface area contributed by atoms with Crippen molar-refractivity contribution in [2.24, 2.45) is 11.8 Å². The van der Waals surface area contributed by atoms with E-state index in [-0.39, 0.29) is 36.9 Å². The van der Waals surface area contributed by atoms with Gasteiger partial charge in [0.25, 0.3) is 0 Å². The lowest BCUT2D eigenvalue weighted by atomic mass is 9.88. The quantitative estimate of drug-likeness (QED) is 0.195. The molecule has 12 heteroatoms. The fourth-order valence-corrected chi connectivity index (χ4v) is 7.40. The van der Waals surface area contributed by atoms with E-state index in [2.05, 4.69) is 10.6 Å². The third-order valence-corrected chi connectivity index (χ3v) is 10.2. The molecule has 0 radical (unpaired) electrons. The van der Waals surface area contributed by atoms with E-state index in [1.165, 1.54) is 39.2 Å². The van der Waals surface area contributed by atoms with Gasteiger partial charge in [-0.2, -0.15) is 0 Å². The fraction of sp³-hybridized carbons (Fsp3) is 0.500. The van der Waals surface area contributed by atoms with Gasteiger partial charge in [0, 0.05) is 58.6 Å². The predicted molar refractivity (Wildman–Crippen MR) is 194 cm³/mol. The third-order valence-electron chi connectivity index (χ3n) is 10.2. The highest BCUT2D eigenvalue weighted by Crippen LogP contribution is 2.32. The summed E-state index contributed by atoms with van der Waals surface area (Å²) in [7, 11) is 3.05. The molecule has 2 aliphatic carbocycles. The van der Waals surface area contributed by atoms with E-state index in [4.69, 9.17) is 28.4 Å². The Labute approximate surface area is 304 Å². The van der Waals surface area contributed by atoms with Crippen molar-refractivity contribution in [3.05, 3.63) is 59.7 Å². The molecule has 2 aromatic rings. The highest BCUT2D eigenvalue weighted by molar-refractivity contribution is 5.94. The number of nitrogens with one attached hydrogen (secondary N) is 2. The SMILES string of the molecule is COc1cc(NC(=O)C2CCCCC2)ccc1/C=C/C(=O)O[C@H]1CO[C@H]2[C@@H]1OC[C@H]2OC(=O)/C=C/c1ccc(NC(=O)C2CCCCC2)cc1OC. The molecule has 0 unspecified atom stereocenters. The summed E-state index contributed by atoms with van der Waals surface area (Å²) in [5.41, 5.74) is 2.55. The molecule has 52 heavy (non-hydrogen) atoms. The van der Waals surface area contributed by atoms with E-state index >= 15 is 0 Å². The third kappa shape index (κ3) is 9.40. The molecule has 2 aromatic carbocycles. The van der Waals surface area contributed by atoms with Gasteiger partial charge in [0.1, 0.15) is 23.7 Å². The summed E-state index contributed by atoms with van der Waals surface area (Å²) in [5, 5.41) is 5.97. The number of rotatable bonds is 12. The van der Waals surface area contributed by atoms with Crippen LogP contribution in [0.4, 0.5) is 11.4 Å². The zero-order chi connectivity index (χ0) is 36.5. The van der Waals surface area contributed by atoms with Crippen LogP contribution in [0.2, 0.25) is 0 Å². The molecule has 278 valence electrons. The normalized spacial score (nSPS) is 23.7. The highest BCUT2D eigenvalue weighted by Gasteiger charge is 2.51. The van der Waals surface area contributed by atoms with Gasteiger partial charge in [-0.1, -0.05) is 38.5 Å². The van der Waals surface area contributed by atoms with Gasteiger partial charge < -0.3 is 39.1 Å². The number of ether oxygens (including phenoxy) is 6. The van der Waals surface area contributed by atoms with Crippen molar-refractivity contribution in [3.8, 4) is 11.5 Å². The Morgan fingerprint density at radius 2 is 1.02 bits per heavy atom. The predicted octanol–water partition coefficient (Wildman–Crippen LogP) is 6.09. The Bertz CT molecular complexity index is 1540. The summed E-state index contributed by atoms with van der Waals surface area (Å²) in [5.74, 6) is -0.0761. The second kappa shape index (κ2) is 17.7. The molecule has 4 fully saturated rings. The van der Waals surface area contributed by atoms with Gasteiger partial charge >= 0.3 is 11.9 Å². The number of hydrogen-bond donors (Lipinski definition) is 2. The monoisotopic (exact) mass is 716 g/mol. The van der Waals surface area contributed by atoms with Crippen molar-refractivity contribution in [1.29, 1.82) is 0 Å². The first-order valence-electron chi connectivity index (χ1n) is 18.3. The number of carbonyl (C=O) groups is 4. The number of carbonyl (C=O) groups excluding carboxylic acids is 4. The first kappa shape index (κ1) is 37.1.